The Bertz CT molecular complexity index is 2410. The average Bonchev–Trinajstić information content (AvgIpc) is 3.51. The molecule has 0 aliphatic rings. The largest absolute Gasteiger partial charge is 0.481 e. The summed E-state index contributed by atoms with van der Waals surface area (Å²) in [4.78, 5) is 201. The first-order valence-corrected chi connectivity index (χ1v) is 28.8. The van der Waals surface area contributed by atoms with Crippen LogP contribution < -0.4 is 64.6 Å². The number of aliphatic hydroxyl groups is 2. The van der Waals surface area contributed by atoms with E-state index in [0.717, 1.165) is 13.8 Å². The Morgan fingerprint density at radius 2 is 0.906 bits per heavy atom. The number of phosphoric ester groups is 1. The fraction of sp³-hybridized carbons (Fsp3) is 0.708. The van der Waals surface area contributed by atoms with Crippen LogP contribution in [0.15, 0.2) is 0 Å². The van der Waals surface area contributed by atoms with Gasteiger partial charge in [-0.05, 0) is 63.7 Å². The molecule has 35 nitrogen and oxygen atoms in total. The summed E-state index contributed by atoms with van der Waals surface area (Å²) in [5.41, 5.74) is 11.2. The van der Waals surface area contributed by atoms with E-state index in [4.69, 9.17) is 11.5 Å². The van der Waals surface area contributed by atoms with Gasteiger partial charge in [0.15, 0.2) is 0 Å². The van der Waals surface area contributed by atoms with Crippen LogP contribution in [0.5, 0.6) is 0 Å². The fourth-order valence-electron chi connectivity index (χ4n) is 7.57. The van der Waals surface area contributed by atoms with Crippen LogP contribution >= 0.6 is 20.5 Å². The highest BCUT2D eigenvalue weighted by molar-refractivity contribution is 7.80. The Morgan fingerprint density at radius 1 is 0.506 bits per heavy atom. The van der Waals surface area contributed by atoms with E-state index in [2.05, 4.69) is 65.0 Å². The molecule has 0 aromatic carbocycles. The van der Waals surface area contributed by atoms with Crippen molar-refractivity contribution in [1.29, 1.82) is 0 Å². The molecule has 0 bridgehead atoms. The predicted octanol–water partition coefficient (Wildman–Crippen LogP) is -6.58. The van der Waals surface area contributed by atoms with Gasteiger partial charge in [0.1, 0.15) is 54.4 Å². The van der Waals surface area contributed by atoms with E-state index < -0.39 is 221 Å². The van der Waals surface area contributed by atoms with Crippen LogP contribution in [0, 0.1) is 17.8 Å². The lowest BCUT2D eigenvalue weighted by molar-refractivity contribution is -0.141. The average molecular weight is 1260 g/mol. The highest BCUT2D eigenvalue weighted by Gasteiger charge is 2.40. The van der Waals surface area contributed by atoms with E-state index in [9.17, 15) is 107 Å². The van der Waals surface area contributed by atoms with E-state index >= 15 is 0 Å². The van der Waals surface area contributed by atoms with Crippen LogP contribution in [-0.2, 0) is 76.2 Å². The molecule has 0 saturated heterocycles. The van der Waals surface area contributed by atoms with Crippen molar-refractivity contribution in [2.45, 2.75) is 179 Å². The summed E-state index contributed by atoms with van der Waals surface area (Å²) in [7, 11) is -5.56. The Labute approximate surface area is 494 Å². The zero-order valence-corrected chi connectivity index (χ0v) is 49.9. The van der Waals surface area contributed by atoms with Gasteiger partial charge in [-0.1, -0.05) is 41.5 Å². The third-order valence-corrected chi connectivity index (χ3v) is 13.0. The molecule has 0 aromatic rings. The number of hydrogen-bond acceptors (Lipinski definition) is 20. The maximum Gasteiger partial charge on any atom is 0.469 e. The fourth-order valence-corrected chi connectivity index (χ4v) is 8.38. The number of carboxylic acids is 3. The first-order chi connectivity index (χ1) is 39.2. The third-order valence-electron chi connectivity index (χ3n) is 12.0. The number of carbonyl (C=O) groups is 14. The van der Waals surface area contributed by atoms with E-state index in [0.29, 0.717) is 0 Å². The highest BCUT2D eigenvalue weighted by atomic mass is 32.1. The molecule has 12 atom stereocenters. The van der Waals surface area contributed by atoms with Gasteiger partial charge < -0.3 is 100.0 Å². The predicted molar refractivity (Wildman–Crippen MR) is 297 cm³/mol. The zero-order valence-electron chi connectivity index (χ0n) is 48.2. The molecule has 0 unspecified atom stereocenters. The van der Waals surface area contributed by atoms with Gasteiger partial charge in [0.2, 0.25) is 65.0 Å². The molecule has 37 heteroatoms. The van der Waals surface area contributed by atoms with Crippen molar-refractivity contribution in [2.75, 3.05) is 18.9 Å². The van der Waals surface area contributed by atoms with Crippen molar-refractivity contribution >= 4 is 103 Å². The third kappa shape index (κ3) is 31.0. The molecule has 85 heavy (non-hydrogen) atoms. The second-order valence-corrected chi connectivity index (χ2v) is 22.4. The molecule has 0 aliphatic heterocycles. The first kappa shape index (κ1) is 77.9. The second kappa shape index (κ2) is 38.1. The van der Waals surface area contributed by atoms with Crippen molar-refractivity contribution in [3.05, 3.63) is 0 Å². The molecule has 0 heterocycles. The number of aliphatic carboxylic acids is 3. The number of carboxylic acid groups (broad SMARTS) is 3. The SMILES string of the molecule is CC(C)C[C@H](NC(=O)[C@H](CCC(=O)O)NC(=O)[C@H](CCC(N)=O)NC(=O)[C@@H](NC(=O)[C@H](CO)NC(=O)[C@@H](NC(=O)[C@@H](NC(=O)[C@H](CCC(=O)O)NC(=O)[C@@H](N)CC(C)C)[C@@H](C)O)C(C)C)[C@@H](C)OP(=O)(O)O)C(=O)NCC(=O)N[C@@H](CS)C(=O)O. The summed E-state index contributed by atoms with van der Waals surface area (Å²) in [5.74, 6) is -18.8. The minimum absolute atomic E-state index is 0.0545. The number of rotatable bonds is 41. The minimum Gasteiger partial charge on any atom is -0.481 e. The molecule has 11 amide bonds. The smallest absolute Gasteiger partial charge is 0.469 e. The van der Waals surface area contributed by atoms with Crippen molar-refractivity contribution in [1.82, 2.24) is 53.2 Å². The molecule has 0 saturated carbocycles. The van der Waals surface area contributed by atoms with Gasteiger partial charge in [-0.25, -0.2) is 9.36 Å². The lowest BCUT2D eigenvalue weighted by Gasteiger charge is -2.30. The Hall–Kier alpha value is -7.08. The van der Waals surface area contributed by atoms with Crippen LogP contribution in [-0.4, -0.2) is 210 Å². The standard InChI is InChI=1S/C48H83N12O23PS/c1-20(2)15-25(49)39(69)53-28(11-14-35(67)68)43(73)59-37(23(7)62)46(76)58-36(22(5)6)45(75)57-30(18-61)44(74)60-38(24(8)83-84(80,81)82)47(77)55-26(9-12-32(50)63)41(71)54-27(10-13-34(65)66)42(72)56-29(16-21(3)4)40(70)51-17-33(64)52-31(19-85)48(78)79/h20-31,36-38,61-62,85H,9-19,49H2,1-8H3,(H2,50,63)(H,51,70)(H,52,64)(H,53,69)(H,54,71)(H,55,77)(H,56,72)(H,57,75)(H,58,76)(H,59,73)(H,60,74)(H,65,66)(H,67,68)(H,78,79)(H2,80,81,82)/t23-,24-,25+,26+,27+,28+,29+,30+,31+,36+,37+,38+/m1/s1. The number of phosphoric acid groups is 1. The number of carbonyl (C=O) groups excluding carboxylic acids is 11. The van der Waals surface area contributed by atoms with Crippen LogP contribution in [0.25, 0.3) is 0 Å². The molecule has 0 aliphatic carbocycles. The van der Waals surface area contributed by atoms with Gasteiger partial charge in [0.25, 0.3) is 0 Å². The number of amides is 11. The molecule has 0 fully saturated rings. The maximum absolute atomic E-state index is 14.1. The highest BCUT2D eigenvalue weighted by Crippen LogP contribution is 2.38. The van der Waals surface area contributed by atoms with Crippen LogP contribution in [0.1, 0.15) is 107 Å². The van der Waals surface area contributed by atoms with E-state index in [1.165, 1.54) is 13.8 Å². The Balaban J connectivity index is 6.88. The number of aliphatic hydroxyl groups excluding tert-OH is 2. The van der Waals surface area contributed by atoms with Crippen molar-refractivity contribution < 1.29 is 112 Å². The first-order valence-electron chi connectivity index (χ1n) is 26.6. The molecule has 0 rings (SSSR count). The molecular formula is C48H83N12O23PS. The maximum atomic E-state index is 14.1. The van der Waals surface area contributed by atoms with E-state index in [1.54, 1.807) is 27.7 Å². The summed E-state index contributed by atoms with van der Waals surface area (Å²) in [6, 6.07) is -17.4. The van der Waals surface area contributed by atoms with Crippen LogP contribution in [0.3, 0.4) is 0 Å². The molecule has 0 radical (unpaired) electrons. The van der Waals surface area contributed by atoms with Gasteiger partial charge in [0.05, 0.1) is 31.4 Å². The van der Waals surface area contributed by atoms with Gasteiger partial charge >= 0.3 is 25.7 Å². The number of nitrogens with two attached hydrogens (primary N) is 2. The minimum atomic E-state index is -5.56. The summed E-state index contributed by atoms with van der Waals surface area (Å²) < 4.78 is 16.7. The van der Waals surface area contributed by atoms with Crippen LogP contribution in [0.2, 0.25) is 0 Å². The van der Waals surface area contributed by atoms with E-state index in [1.807, 2.05) is 5.32 Å². The van der Waals surface area contributed by atoms with E-state index in [-0.39, 0.29) is 30.4 Å². The number of nitrogens with one attached hydrogen (secondary N) is 10. The topological polar surface area (TPSA) is 579 Å². The van der Waals surface area contributed by atoms with Crippen LogP contribution in [0.4, 0.5) is 0 Å². The molecule has 484 valence electrons. The number of primary amides is 1. The molecule has 0 aromatic heterocycles. The quantitative estimate of drug-likeness (QED) is 0.0200. The van der Waals surface area contributed by atoms with Crippen molar-refractivity contribution in [3.8, 4) is 0 Å². The summed E-state index contributed by atoms with van der Waals surface area (Å²) in [6.07, 6.45) is -7.75. The van der Waals surface area contributed by atoms with Gasteiger partial charge in [-0.2, -0.15) is 12.6 Å². The summed E-state index contributed by atoms with van der Waals surface area (Å²) >= 11 is 3.84. The number of thiol groups is 1. The lowest BCUT2D eigenvalue weighted by Crippen LogP contribution is -2.63. The van der Waals surface area contributed by atoms with Gasteiger partial charge in [0, 0.05) is 25.0 Å². The Kier molecular flexibility index (Phi) is 34.9. The molecule has 21 N–H and O–H groups in total. The monoisotopic (exact) mass is 1260 g/mol. The zero-order chi connectivity index (χ0) is 65.8. The lowest BCUT2D eigenvalue weighted by atomic mass is 10.0. The number of hydrogen-bond donors (Lipinski definition) is 20. The molecular weight excluding hydrogens is 1180 g/mol. The summed E-state index contributed by atoms with van der Waals surface area (Å²) in [5, 5.41) is 70.9. The normalized spacial score (nSPS) is 15.7. The van der Waals surface area contributed by atoms with Crippen molar-refractivity contribution in [2.24, 2.45) is 29.2 Å². The van der Waals surface area contributed by atoms with Crippen molar-refractivity contribution in [3.63, 3.8) is 0 Å². The summed E-state index contributed by atoms with van der Waals surface area (Å²) in [6.45, 7) is 9.43. The Morgan fingerprint density at radius 3 is 1.33 bits per heavy atom. The van der Waals surface area contributed by atoms with Gasteiger partial charge in [-0.3, -0.25) is 66.9 Å². The van der Waals surface area contributed by atoms with Gasteiger partial charge in [-0.15, -0.1) is 0 Å². The second-order valence-electron chi connectivity index (χ2n) is 20.8. The molecule has 0 spiro atoms.